The number of hydroxylamine groups is 2. The minimum absolute atomic E-state index is 0.203. The third kappa shape index (κ3) is 2.02. The van der Waals surface area contributed by atoms with Crippen molar-refractivity contribution < 1.29 is 14.4 Å². The van der Waals surface area contributed by atoms with Gasteiger partial charge in [-0.2, -0.15) is 0 Å². The van der Waals surface area contributed by atoms with Gasteiger partial charge in [0.1, 0.15) is 6.04 Å². The average Bonchev–Trinajstić information content (AvgIpc) is 2.69. The van der Waals surface area contributed by atoms with Crippen molar-refractivity contribution in [2.24, 2.45) is 0 Å². The molecule has 1 aliphatic heterocycles. The van der Waals surface area contributed by atoms with Crippen molar-refractivity contribution in [1.82, 2.24) is 9.96 Å². The van der Waals surface area contributed by atoms with Crippen LogP contribution in [0.15, 0.2) is 30.8 Å². The van der Waals surface area contributed by atoms with Gasteiger partial charge in [-0.25, -0.2) is 5.06 Å². The van der Waals surface area contributed by atoms with Crippen LogP contribution in [0.25, 0.3) is 5.70 Å². The number of likely N-dealkylation sites (N-methyl/N-ethyl adjacent to an activating group) is 1. The van der Waals surface area contributed by atoms with E-state index < -0.39 is 6.04 Å². The van der Waals surface area contributed by atoms with E-state index in [1.54, 1.807) is 19.1 Å². The fourth-order valence-corrected chi connectivity index (χ4v) is 2.18. The molecule has 19 heavy (non-hydrogen) atoms. The summed E-state index contributed by atoms with van der Waals surface area (Å²) in [6, 6.07) is 6.54. The molecule has 0 saturated heterocycles. The SMILES string of the molecule is C=C1c2ccccc2C(=O)N1C(C)C(=O)N(C)OC. The van der Waals surface area contributed by atoms with E-state index in [1.165, 1.54) is 19.1 Å². The molecular weight excluding hydrogens is 244 g/mol. The van der Waals surface area contributed by atoms with Crippen LogP contribution in [-0.4, -0.2) is 42.0 Å². The molecule has 1 atom stereocenters. The van der Waals surface area contributed by atoms with E-state index in [-0.39, 0.29) is 11.8 Å². The smallest absolute Gasteiger partial charge is 0.268 e. The van der Waals surface area contributed by atoms with E-state index in [1.807, 2.05) is 12.1 Å². The Balaban J connectivity index is 2.32. The van der Waals surface area contributed by atoms with Gasteiger partial charge in [-0.3, -0.25) is 19.3 Å². The summed E-state index contributed by atoms with van der Waals surface area (Å²) in [6.45, 7) is 5.57. The summed E-state index contributed by atoms with van der Waals surface area (Å²) >= 11 is 0. The number of hydrogen-bond donors (Lipinski definition) is 0. The van der Waals surface area contributed by atoms with E-state index >= 15 is 0 Å². The molecule has 0 fully saturated rings. The number of carbonyl (C=O) groups excluding carboxylic acids is 2. The van der Waals surface area contributed by atoms with E-state index in [4.69, 9.17) is 4.84 Å². The van der Waals surface area contributed by atoms with Crippen LogP contribution in [0.4, 0.5) is 0 Å². The van der Waals surface area contributed by atoms with Gasteiger partial charge in [0.05, 0.1) is 7.11 Å². The maximum atomic E-state index is 12.3. The Morgan fingerprint density at radius 3 is 2.47 bits per heavy atom. The Hall–Kier alpha value is -2.14. The molecule has 1 aliphatic rings. The third-order valence-corrected chi connectivity index (χ3v) is 3.31. The number of hydrogen-bond acceptors (Lipinski definition) is 3. The lowest BCUT2D eigenvalue weighted by Gasteiger charge is -2.27. The molecular formula is C14H16N2O3. The molecule has 5 nitrogen and oxygen atoms in total. The maximum Gasteiger partial charge on any atom is 0.268 e. The van der Waals surface area contributed by atoms with Crippen LogP contribution in [0.1, 0.15) is 22.8 Å². The first-order valence-electron chi connectivity index (χ1n) is 5.92. The summed E-state index contributed by atoms with van der Waals surface area (Å²) in [5, 5.41) is 1.11. The van der Waals surface area contributed by atoms with Crippen LogP contribution < -0.4 is 0 Å². The summed E-state index contributed by atoms with van der Waals surface area (Å²) in [5.41, 5.74) is 1.89. The van der Waals surface area contributed by atoms with E-state index in [2.05, 4.69) is 6.58 Å². The third-order valence-electron chi connectivity index (χ3n) is 3.31. The number of amides is 2. The molecule has 5 heteroatoms. The van der Waals surface area contributed by atoms with Gasteiger partial charge in [0, 0.05) is 23.9 Å². The van der Waals surface area contributed by atoms with Gasteiger partial charge in [0.2, 0.25) is 0 Å². The normalized spacial score (nSPS) is 15.4. The molecule has 1 aromatic carbocycles. The van der Waals surface area contributed by atoms with Crippen molar-refractivity contribution in [2.75, 3.05) is 14.2 Å². The molecule has 1 unspecified atom stereocenters. The predicted molar refractivity (Wildman–Crippen MR) is 70.9 cm³/mol. The molecule has 1 aromatic rings. The summed E-state index contributed by atoms with van der Waals surface area (Å²) in [4.78, 5) is 30.6. The topological polar surface area (TPSA) is 49.9 Å². The summed E-state index contributed by atoms with van der Waals surface area (Å²) in [5.74, 6) is -0.504. The Bertz CT molecular complexity index is 518. The molecule has 2 rings (SSSR count). The summed E-state index contributed by atoms with van der Waals surface area (Å²) in [7, 11) is 2.91. The fourth-order valence-electron chi connectivity index (χ4n) is 2.18. The second-order valence-corrected chi connectivity index (χ2v) is 4.36. The van der Waals surface area contributed by atoms with Crippen molar-refractivity contribution in [1.29, 1.82) is 0 Å². The lowest BCUT2D eigenvalue weighted by molar-refractivity contribution is -0.172. The number of rotatable bonds is 3. The van der Waals surface area contributed by atoms with E-state index in [0.29, 0.717) is 11.3 Å². The zero-order valence-electron chi connectivity index (χ0n) is 11.2. The zero-order chi connectivity index (χ0) is 14.2. The highest BCUT2D eigenvalue weighted by Crippen LogP contribution is 2.33. The molecule has 0 radical (unpaired) electrons. The molecule has 0 N–H and O–H groups in total. The molecule has 0 aromatic heterocycles. The summed E-state index contributed by atoms with van der Waals surface area (Å²) in [6.07, 6.45) is 0. The van der Waals surface area contributed by atoms with Gasteiger partial charge in [0.15, 0.2) is 0 Å². The van der Waals surface area contributed by atoms with Gasteiger partial charge < -0.3 is 0 Å². The van der Waals surface area contributed by atoms with Crippen LogP contribution in [-0.2, 0) is 9.63 Å². The van der Waals surface area contributed by atoms with Gasteiger partial charge in [0.25, 0.3) is 11.8 Å². The molecule has 0 aliphatic carbocycles. The monoisotopic (exact) mass is 260 g/mol. The number of fused-ring (bicyclic) bond motifs is 1. The maximum absolute atomic E-state index is 12.3. The first kappa shape index (κ1) is 13.3. The minimum atomic E-state index is -0.655. The van der Waals surface area contributed by atoms with Gasteiger partial charge in [-0.1, -0.05) is 24.8 Å². The van der Waals surface area contributed by atoms with E-state index in [0.717, 1.165) is 10.6 Å². The highest BCUT2D eigenvalue weighted by molar-refractivity contribution is 6.10. The Labute approximate surface area is 112 Å². The van der Waals surface area contributed by atoms with Crippen LogP contribution in [0.3, 0.4) is 0 Å². The van der Waals surface area contributed by atoms with Gasteiger partial charge in [-0.15, -0.1) is 0 Å². The Morgan fingerprint density at radius 1 is 1.37 bits per heavy atom. The highest BCUT2D eigenvalue weighted by Gasteiger charge is 2.37. The molecule has 2 amide bonds. The standard InChI is InChI=1S/C14H16N2O3/c1-9-11-7-5-6-8-12(11)14(18)16(9)10(2)13(17)15(3)19-4/h5-8,10H,1H2,2-4H3. The van der Waals surface area contributed by atoms with Gasteiger partial charge >= 0.3 is 0 Å². The van der Waals surface area contributed by atoms with Crippen molar-refractivity contribution in [3.8, 4) is 0 Å². The average molecular weight is 260 g/mol. The van der Waals surface area contributed by atoms with Crippen molar-refractivity contribution in [3.05, 3.63) is 42.0 Å². The van der Waals surface area contributed by atoms with Crippen LogP contribution in [0.5, 0.6) is 0 Å². The number of benzene rings is 1. The Kier molecular flexibility index (Phi) is 3.40. The number of nitrogens with zero attached hydrogens (tertiary/aromatic N) is 2. The molecule has 0 saturated carbocycles. The van der Waals surface area contributed by atoms with Gasteiger partial charge in [-0.05, 0) is 13.0 Å². The Morgan fingerprint density at radius 2 is 1.95 bits per heavy atom. The van der Waals surface area contributed by atoms with E-state index in [9.17, 15) is 9.59 Å². The lowest BCUT2D eigenvalue weighted by atomic mass is 10.1. The molecule has 1 heterocycles. The largest absolute Gasteiger partial charge is 0.296 e. The summed E-state index contributed by atoms with van der Waals surface area (Å²) < 4.78 is 0. The molecule has 0 spiro atoms. The van der Waals surface area contributed by atoms with Crippen molar-refractivity contribution in [3.63, 3.8) is 0 Å². The first-order valence-corrected chi connectivity index (χ1v) is 5.92. The first-order chi connectivity index (χ1) is 8.99. The lowest BCUT2D eigenvalue weighted by Crippen LogP contribution is -2.45. The highest BCUT2D eigenvalue weighted by atomic mass is 16.7. The van der Waals surface area contributed by atoms with Crippen LogP contribution >= 0.6 is 0 Å². The van der Waals surface area contributed by atoms with Crippen LogP contribution in [0, 0.1) is 0 Å². The predicted octanol–water partition coefficient (Wildman–Crippen LogP) is 1.52. The van der Waals surface area contributed by atoms with Crippen LogP contribution in [0.2, 0.25) is 0 Å². The fraction of sp³-hybridized carbons (Fsp3) is 0.286. The molecule has 100 valence electrons. The van der Waals surface area contributed by atoms with Crippen molar-refractivity contribution in [2.45, 2.75) is 13.0 Å². The second-order valence-electron chi connectivity index (χ2n) is 4.36. The molecule has 0 bridgehead atoms. The number of carbonyl (C=O) groups is 2. The van der Waals surface area contributed by atoms with Crippen molar-refractivity contribution >= 4 is 17.5 Å². The zero-order valence-corrected chi connectivity index (χ0v) is 11.2. The second kappa shape index (κ2) is 4.85. The minimum Gasteiger partial charge on any atom is -0.296 e. The quantitative estimate of drug-likeness (QED) is 0.774.